The lowest BCUT2D eigenvalue weighted by molar-refractivity contribution is -0.456. The Morgan fingerprint density at radius 3 is 1.77 bits per heavy atom. The fraction of sp³-hybridized carbons (Fsp3) is 0.438. The molecule has 0 bridgehead atoms. The summed E-state index contributed by atoms with van der Waals surface area (Å²) in [6.07, 6.45) is -1.35. The normalized spacial score (nSPS) is 25.9. The third kappa shape index (κ3) is 2.32. The van der Waals surface area contributed by atoms with Gasteiger partial charge in [0.25, 0.3) is 0 Å². The number of fused-ring (bicyclic) bond motifs is 1. The minimum Gasteiger partial charge on any atom is -0.872 e. The number of Topliss-reactive ketones (excluding diaryl/α,β-unsaturated/α-hetero) is 1. The predicted molar refractivity (Wildman–Crippen MR) is 70.2 cm³/mol. The average Bonchev–Trinajstić information content (AvgIpc) is 2.89. The predicted octanol–water partition coefficient (Wildman–Crippen LogP) is 3.97. The van der Waals surface area contributed by atoms with Crippen molar-refractivity contribution in [3.05, 3.63) is 40.5 Å². The van der Waals surface area contributed by atoms with Gasteiger partial charge in [-0.3, -0.25) is 4.79 Å². The molecular formula is C16H5F12O2-. The summed E-state index contributed by atoms with van der Waals surface area (Å²) in [4.78, 5) is 12.1. The van der Waals surface area contributed by atoms with Crippen molar-refractivity contribution in [1.29, 1.82) is 0 Å². The van der Waals surface area contributed by atoms with Gasteiger partial charge in [-0.15, -0.1) is 0 Å². The maximum Gasteiger partial charge on any atom is 0.384 e. The molecule has 2 nitrogen and oxygen atoms in total. The Kier molecular flexibility index (Phi) is 4.34. The second-order valence-electron chi connectivity index (χ2n) is 6.67. The maximum absolute atomic E-state index is 14.0. The lowest BCUT2D eigenvalue weighted by atomic mass is 9.71. The molecule has 1 aromatic rings. The minimum atomic E-state index is -7.27. The number of hydrogen-bond acceptors (Lipinski definition) is 2. The Morgan fingerprint density at radius 1 is 0.833 bits per heavy atom. The van der Waals surface area contributed by atoms with E-state index in [1.807, 2.05) is 0 Å². The van der Waals surface area contributed by atoms with Gasteiger partial charge < -0.3 is 5.11 Å². The minimum absolute atomic E-state index is 0.0802. The van der Waals surface area contributed by atoms with Gasteiger partial charge in [-0.25, -0.2) is 8.78 Å². The number of allylic oxidation sites excluding steroid dienone is 1. The zero-order chi connectivity index (χ0) is 23.2. The third-order valence-corrected chi connectivity index (χ3v) is 4.92. The molecule has 0 spiro atoms. The van der Waals surface area contributed by atoms with Gasteiger partial charge in [0.05, 0.1) is 0 Å². The van der Waals surface area contributed by atoms with Crippen molar-refractivity contribution in [2.24, 2.45) is 5.92 Å². The van der Waals surface area contributed by atoms with E-state index in [1.165, 1.54) is 0 Å². The number of hydrogen-bond donors (Lipinski definition) is 0. The zero-order valence-corrected chi connectivity index (χ0v) is 13.8. The number of carbonyl (C=O) groups excluding carboxylic acids is 1. The number of carbonyl (C=O) groups is 1. The van der Waals surface area contributed by atoms with Crippen molar-refractivity contribution in [1.82, 2.24) is 0 Å². The van der Waals surface area contributed by atoms with Crippen LogP contribution in [0.2, 0.25) is 0 Å². The monoisotopic (exact) mass is 457 g/mol. The Bertz CT molecular complexity index is 949. The van der Waals surface area contributed by atoms with E-state index in [0.717, 1.165) is 0 Å². The van der Waals surface area contributed by atoms with Gasteiger partial charge in [0.2, 0.25) is 0 Å². The molecule has 0 aromatic heterocycles. The number of rotatable bonds is 2. The van der Waals surface area contributed by atoms with Gasteiger partial charge in [-0.2, -0.15) is 43.9 Å². The molecule has 0 N–H and O–H groups in total. The van der Waals surface area contributed by atoms with E-state index >= 15 is 0 Å². The first-order chi connectivity index (χ1) is 13.3. The van der Waals surface area contributed by atoms with Crippen molar-refractivity contribution >= 4 is 11.5 Å². The summed E-state index contributed by atoms with van der Waals surface area (Å²) in [6, 6.07) is 0.460. The fourth-order valence-corrected chi connectivity index (χ4v) is 3.35. The first-order valence-electron chi connectivity index (χ1n) is 7.65. The summed E-state index contributed by atoms with van der Waals surface area (Å²) in [7, 11) is 0. The van der Waals surface area contributed by atoms with Crippen LogP contribution in [-0.4, -0.2) is 35.4 Å². The average molecular weight is 457 g/mol. The van der Waals surface area contributed by atoms with Crippen LogP contribution < -0.4 is 5.11 Å². The molecule has 14 heteroatoms. The Labute approximate surface area is 157 Å². The van der Waals surface area contributed by atoms with Crippen LogP contribution >= 0.6 is 0 Å². The fourth-order valence-electron chi connectivity index (χ4n) is 3.35. The lowest BCUT2D eigenvalue weighted by Gasteiger charge is -2.49. The summed E-state index contributed by atoms with van der Waals surface area (Å²) < 4.78 is 163. The van der Waals surface area contributed by atoms with Crippen molar-refractivity contribution in [3.63, 3.8) is 0 Å². The summed E-state index contributed by atoms with van der Waals surface area (Å²) in [5.74, 6) is -48.1. The van der Waals surface area contributed by atoms with Gasteiger partial charge in [0, 0.05) is 18.1 Å². The van der Waals surface area contributed by atoms with Crippen molar-refractivity contribution in [2.45, 2.75) is 36.0 Å². The van der Waals surface area contributed by atoms with Gasteiger partial charge >= 0.3 is 29.6 Å². The Morgan fingerprint density at radius 2 is 1.30 bits per heavy atom. The molecule has 2 aliphatic rings. The van der Waals surface area contributed by atoms with Gasteiger partial charge in [0.15, 0.2) is 11.7 Å². The maximum atomic E-state index is 14.0. The SMILES string of the molecule is O=C(C1=C([O-])c2c(F)cc(F)cc2C1)C1C(F)(F)C(F)(F)C(F)(F)C(F)(F)C1(F)F. The molecule has 166 valence electrons. The second kappa shape index (κ2) is 5.84. The first kappa shape index (κ1) is 22.3. The molecule has 30 heavy (non-hydrogen) atoms. The molecule has 0 saturated heterocycles. The standard InChI is InChI=1S/C16H6F12O2/c17-5-1-4-2-6(9(29)8(4)7(18)3-5)10(30)11-12(19,20)14(23,24)16(27,28)15(25,26)13(11,21)22/h1,3,11,29H,2H2/p-1. The molecule has 2 aliphatic carbocycles. The quantitative estimate of drug-likeness (QED) is 0.631. The summed E-state index contributed by atoms with van der Waals surface area (Å²) in [5, 5.41) is 12.1. The third-order valence-electron chi connectivity index (χ3n) is 4.92. The molecule has 0 unspecified atom stereocenters. The van der Waals surface area contributed by atoms with Crippen LogP contribution in [0.5, 0.6) is 0 Å². The number of alkyl halides is 10. The summed E-state index contributed by atoms with van der Waals surface area (Å²) in [5.41, 5.74) is -3.69. The van der Waals surface area contributed by atoms with Gasteiger partial charge in [-0.1, -0.05) is 5.76 Å². The Balaban J connectivity index is 2.20. The highest BCUT2D eigenvalue weighted by Crippen LogP contribution is 2.67. The highest BCUT2D eigenvalue weighted by atomic mass is 19.4. The van der Waals surface area contributed by atoms with E-state index < -0.39 is 81.8 Å². The summed E-state index contributed by atoms with van der Waals surface area (Å²) in [6.45, 7) is 0. The molecular weight excluding hydrogens is 452 g/mol. The molecule has 3 rings (SSSR count). The second-order valence-corrected chi connectivity index (χ2v) is 6.67. The molecule has 0 amide bonds. The van der Waals surface area contributed by atoms with Gasteiger partial charge in [-0.05, 0) is 17.2 Å². The van der Waals surface area contributed by atoms with Crippen molar-refractivity contribution < 1.29 is 62.6 Å². The van der Waals surface area contributed by atoms with E-state index in [2.05, 4.69) is 0 Å². The number of benzene rings is 1. The molecule has 0 atom stereocenters. The molecule has 0 heterocycles. The molecule has 1 aromatic carbocycles. The van der Waals surface area contributed by atoms with Crippen LogP contribution in [0.4, 0.5) is 52.7 Å². The van der Waals surface area contributed by atoms with Crippen LogP contribution in [0.25, 0.3) is 5.76 Å². The smallest absolute Gasteiger partial charge is 0.384 e. The Hall–Kier alpha value is -2.41. The van der Waals surface area contributed by atoms with E-state index in [4.69, 9.17) is 0 Å². The van der Waals surface area contributed by atoms with Crippen molar-refractivity contribution in [3.8, 4) is 0 Å². The largest absolute Gasteiger partial charge is 0.872 e. The first-order valence-corrected chi connectivity index (χ1v) is 7.65. The van der Waals surface area contributed by atoms with Crippen LogP contribution in [-0.2, 0) is 11.2 Å². The summed E-state index contributed by atoms with van der Waals surface area (Å²) >= 11 is 0. The van der Waals surface area contributed by atoms with E-state index in [1.54, 1.807) is 0 Å². The molecule has 0 aliphatic heterocycles. The van der Waals surface area contributed by atoms with Crippen LogP contribution in [0.15, 0.2) is 17.7 Å². The highest BCUT2D eigenvalue weighted by molar-refractivity contribution is 6.06. The van der Waals surface area contributed by atoms with E-state index in [9.17, 15) is 62.6 Å². The van der Waals surface area contributed by atoms with Crippen LogP contribution in [0, 0.1) is 17.6 Å². The highest BCUT2D eigenvalue weighted by Gasteiger charge is 2.96. The van der Waals surface area contributed by atoms with Gasteiger partial charge in [0.1, 0.15) is 11.6 Å². The number of ketones is 1. The molecule has 1 saturated carbocycles. The molecule has 1 fully saturated rings. The van der Waals surface area contributed by atoms with Crippen molar-refractivity contribution in [2.75, 3.05) is 0 Å². The van der Waals surface area contributed by atoms with E-state index in [0.29, 0.717) is 6.07 Å². The number of halogens is 12. The van der Waals surface area contributed by atoms with E-state index in [-0.39, 0.29) is 6.07 Å². The van der Waals surface area contributed by atoms with Crippen LogP contribution in [0.3, 0.4) is 0 Å². The molecule has 0 radical (unpaired) electrons. The topological polar surface area (TPSA) is 40.1 Å². The van der Waals surface area contributed by atoms with Crippen LogP contribution in [0.1, 0.15) is 11.1 Å². The zero-order valence-electron chi connectivity index (χ0n) is 13.8. The lowest BCUT2D eigenvalue weighted by Crippen LogP contribution is -2.78.